The van der Waals surface area contributed by atoms with Crippen molar-refractivity contribution in [3.05, 3.63) is 71.8 Å². The molecular weight excluding hydrogens is 558 g/mol. The first kappa shape index (κ1) is 36.4. The van der Waals surface area contributed by atoms with Crippen molar-refractivity contribution in [1.82, 2.24) is 19.6 Å². The highest BCUT2D eigenvalue weighted by molar-refractivity contribution is 5.90. The molecule has 0 aliphatic heterocycles. The zero-order valence-electron chi connectivity index (χ0n) is 26.6. The summed E-state index contributed by atoms with van der Waals surface area (Å²) in [5.41, 5.74) is 18.6. The number of hydrogen-bond donors (Lipinski definition) is 3. The fourth-order valence-electron chi connectivity index (χ4n) is 5.04. The lowest BCUT2D eigenvalue weighted by atomic mass is 10.1. The van der Waals surface area contributed by atoms with Crippen LogP contribution in [0.15, 0.2) is 60.7 Å². The van der Waals surface area contributed by atoms with E-state index in [4.69, 9.17) is 17.2 Å². The Balaban J connectivity index is 2.31. The molecule has 2 aromatic carbocycles. The van der Waals surface area contributed by atoms with E-state index in [9.17, 15) is 19.2 Å². The SMILES string of the molecule is C[C@@H](c1ccccc1)N(CC(N)=O)C(=O)CN(CCCCN)C(=O)CN(C(=O)CN(C)CCCCN)[C@@H](C)c1ccccc1. The normalized spacial score (nSPS) is 12.4. The number of unbranched alkanes of at least 4 members (excludes halogenated alkanes) is 2. The predicted octanol–water partition coefficient (Wildman–Crippen LogP) is 1.89. The molecule has 11 heteroatoms. The van der Waals surface area contributed by atoms with Gasteiger partial charge in [-0.05, 0) is 77.3 Å². The minimum Gasteiger partial charge on any atom is -0.368 e. The summed E-state index contributed by atoms with van der Waals surface area (Å²) in [5.74, 6) is -1.60. The van der Waals surface area contributed by atoms with Crippen LogP contribution in [0.5, 0.6) is 0 Å². The summed E-state index contributed by atoms with van der Waals surface area (Å²) < 4.78 is 0. The second kappa shape index (κ2) is 19.5. The van der Waals surface area contributed by atoms with Crippen LogP contribution in [-0.4, -0.2) is 103 Å². The van der Waals surface area contributed by atoms with Gasteiger partial charge in [-0.3, -0.25) is 24.1 Å². The van der Waals surface area contributed by atoms with Gasteiger partial charge >= 0.3 is 0 Å². The van der Waals surface area contributed by atoms with Crippen molar-refractivity contribution >= 4 is 23.6 Å². The van der Waals surface area contributed by atoms with Gasteiger partial charge in [0.1, 0.15) is 6.54 Å². The van der Waals surface area contributed by atoms with Crippen molar-refractivity contribution in [2.45, 2.75) is 51.6 Å². The number of benzene rings is 2. The van der Waals surface area contributed by atoms with Gasteiger partial charge in [-0.1, -0.05) is 60.7 Å². The highest BCUT2D eigenvalue weighted by Crippen LogP contribution is 2.22. The Hall–Kier alpha value is -3.80. The summed E-state index contributed by atoms with van der Waals surface area (Å²) in [5, 5.41) is 0. The molecule has 0 aliphatic carbocycles. The second-order valence-corrected chi connectivity index (χ2v) is 11.2. The molecule has 4 amide bonds. The number of hydrogen-bond acceptors (Lipinski definition) is 7. The number of primary amides is 1. The zero-order valence-corrected chi connectivity index (χ0v) is 26.6. The van der Waals surface area contributed by atoms with Crippen LogP contribution in [0.2, 0.25) is 0 Å². The maximum atomic E-state index is 13.9. The average Bonchev–Trinajstić information content (AvgIpc) is 3.02. The Morgan fingerprint density at radius 3 is 1.55 bits per heavy atom. The summed E-state index contributed by atoms with van der Waals surface area (Å²) in [6.07, 6.45) is 2.99. The molecule has 11 nitrogen and oxygen atoms in total. The van der Waals surface area contributed by atoms with Crippen LogP contribution >= 0.6 is 0 Å². The first-order chi connectivity index (χ1) is 21.1. The number of nitrogens with zero attached hydrogens (tertiary/aromatic N) is 4. The molecule has 0 spiro atoms. The van der Waals surface area contributed by atoms with E-state index in [-0.39, 0.29) is 50.6 Å². The molecule has 0 fully saturated rings. The van der Waals surface area contributed by atoms with E-state index in [0.29, 0.717) is 32.5 Å². The van der Waals surface area contributed by atoms with Crippen LogP contribution in [0.25, 0.3) is 0 Å². The van der Waals surface area contributed by atoms with Gasteiger partial charge in [0, 0.05) is 6.54 Å². The monoisotopic (exact) mass is 609 g/mol. The second-order valence-electron chi connectivity index (χ2n) is 11.2. The summed E-state index contributed by atoms with van der Waals surface area (Å²) in [7, 11) is 1.88. The van der Waals surface area contributed by atoms with Crippen molar-refractivity contribution in [3.63, 3.8) is 0 Å². The van der Waals surface area contributed by atoms with Crippen molar-refractivity contribution in [3.8, 4) is 0 Å². The first-order valence-corrected chi connectivity index (χ1v) is 15.4. The Bertz CT molecular complexity index is 1170. The number of amides is 4. The van der Waals surface area contributed by atoms with Crippen LogP contribution in [0.3, 0.4) is 0 Å². The standard InChI is InChI=1S/C33H51N7O4/c1-26(28-14-6-4-7-15-28)39(22-30(36)41)33(44)24-38(21-13-11-19-35)31(42)25-40(27(2)29-16-8-5-9-17-29)32(43)23-37(3)20-12-10-18-34/h4-9,14-17,26-27H,10-13,18-25,34-35H2,1-3H3,(H2,36,41)/t26-,27-/m0/s1. The molecule has 242 valence electrons. The fourth-order valence-corrected chi connectivity index (χ4v) is 5.04. The van der Waals surface area contributed by atoms with Crippen molar-refractivity contribution < 1.29 is 19.2 Å². The number of likely N-dealkylation sites (N-methyl/N-ethyl adjacent to an activating group) is 1. The van der Waals surface area contributed by atoms with Crippen LogP contribution in [0, 0.1) is 0 Å². The third kappa shape index (κ3) is 12.1. The molecule has 2 rings (SSSR count). The Morgan fingerprint density at radius 1 is 0.614 bits per heavy atom. The van der Waals surface area contributed by atoms with Gasteiger partial charge in [0.15, 0.2) is 0 Å². The molecule has 44 heavy (non-hydrogen) atoms. The van der Waals surface area contributed by atoms with Crippen LogP contribution in [-0.2, 0) is 19.2 Å². The molecular formula is C33H51N7O4. The van der Waals surface area contributed by atoms with E-state index in [1.54, 1.807) is 4.90 Å². The molecule has 2 atom stereocenters. The number of carbonyl (C=O) groups is 4. The maximum absolute atomic E-state index is 13.9. The van der Waals surface area contributed by atoms with Crippen molar-refractivity contribution in [1.29, 1.82) is 0 Å². The topological polar surface area (TPSA) is 159 Å². The minimum absolute atomic E-state index is 0.141. The lowest BCUT2D eigenvalue weighted by Gasteiger charge is -2.34. The van der Waals surface area contributed by atoms with E-state index >= 15 is 0 Å². The van der Waals surface area contributed by atoms with E-state index in [0.717, 1.165) is 24.0 Å². The Labute approximate surface area is 262 Å². The minimum atomic E-state index is -0.647. The van der Waals surface area contributed by atoms with E-state index in [2.05, 4.69) is 0 Å². The number of carbonyl (C=O) groups excluding carboxylic acids is 4. The van der Waals surface area contributed by atoms with Crippen LogP contribution < -0.4 is 17.2 Å². The predicted molar refractivity (Wildman–Crippen MR) is 173 cm³/mol. The van der Waals surface area contributed by atoms with Crippen molar-refractivity contribution in [2.24, 2.45) is 17.2 Å². The Morgan fingerprint density at radius 2 is 1.07 bits per heavy atom. The first-order valence-electron chi connectivity index (χ1n) is 15.4. The third-order valence-electron chi connectivity index (χ3n) is 7.73. The van der Waals surface area contributed by atoms with Gasteiger partial charge in [0.05, 0.1) is 31.7 Å². The fraction of sp³-hybridized carbons (Fsp3) is 0.515. The molecule has 0 radical (unpaired) electrons. The quantitative estimate of drug-likeness (QED) is 0.193. The van der Waals surface area contributed by atoms with Gasteiger partial charge in [-0.15, -0.1) is 0 Å². The zero-order chi connectivity index (χ0) is 32.5. The Kier molecular flexibility index (Phi) is 16.1. The van der Waals surface area contributed by atoms with Gasteiger partial charge in [0.2, 0.25) is 23.6 Å². The molecule has 2 aromatic rings. The summed E-state index contributed by atoms with van der Waals surface area (Å²) in [6, 6.07) is 18.1. The summed E-state index contributed by atoms with van der Waals surface area (Å²) >= 11 is 0. The van der Waals surface area contributed by atoms with Gasteiger partial charge in [-0.25, -0.2) is 0 Å². The molecule has 0 heterocycles. The summed E-state index contributed by atoms with van der Waals surface area (Å²) in [6.45, 7) is 5.14. The van der Waals surface area contributed by atoms with E-state index in [1.165, 1.54) is 9.80 Å². The van der Waals surface area contributed by atoms with E-state index in [1.807, 2.05) is 86.5 Å². The molecule has 0 saturated heterocycles. The van der Waals surface area contributed by atoms with Crippen LogP contribution in [0.1, 0.15) is 62.7 Å². The molecule has 0 aliphatic rings. The maximum Gasteiger partial charge on any atom is 0.243 e. The molecule has 0 bridgehead atoms. The number of rotatable bonds is 20. The largest absolute Gasteiger partial charge is 0.368 e. The van der Waals surface area contributed by atoms with Crippen molar-refractivity contribution in [2.75, 3.05) is 59.4 Å². The average molecular weight is 610 g/mol. The van der Waals surface area contributed by atoms with Gasteiger partial charge in [0.25, 0.3) is 0 Å². The molecule has 0 saturated carbocycles. The lowest BCUT2D eigenvalue weighted by Crippen LogP contribution is -2.50. The smallest absolute Gasteiger partial charge is 0.243 e. The van der Waals surface area contributed by atoms with Crippen LogP contribution in [0.4, 0.5) is 0 Å². The molecule has 0 unspecified atom stereocenters. The molecule has 6 N–H and O–H groups in total. The number of nitrogens with two attached hydrogens (primary N) is 3. The van der Waals surface area contributed by atoms with E-state index < -0.39 is 17.9 Å². The molecule has 0 aromatic heterocycles. The third-order valence-corrected chi connectivity index (χ3v) is 7.73. The van der Waals surface area contributed by atoms with Gasteiger partial charge < -0.3 is 31.9 Å². The van der Waals surface area contributed by atoms with Gasteiger partial charge in [-0.2, -0.15) is 0 Å². The highest BCUT2D eigenvalue weighted by Gasteiger charge is 2.30. The highest BCUT2D eigenvalue weighted by atomic mass is 16.2. The lowest BCUT2D eigenvalue weighted by molar-refractivity contribution is -0.147. The summed E-state index contributed by atoms with van der Waals surface area (Å²) in [4.78, 5) is 59.6.